The van der Waals surface area contributed by atoms with Crippen LogP contribution in [0.4, 0.5) is 17.6 Å². The van der Waals surface area contributed by atoms with E-state index in [0.717, 1.165) is 34.0 Å². The fraction of sp³-hybridized carbons (Fsp3) is 0.200. The first-order valence-corrected chi connectivity index (χ1v) is 10.0. The van der Waals surface area contributed by atoms with Gasteiger partial charge in [-0.2, -0.15) is 15.0 Å². The Bertz CT molecular complexity index is 1120. The Hall–Kier alpha value is -3.13. The van der Waals surface area contributed by atoms with Crippen LogP contribution < -0.4 is 11.1 Å². The molecular weight excluding hydrogens is 370 g/mol. The predicted molar refractivity (Wildman–Crippen MR) is 114 cm³/mol. The molecule has 0 fully saturated rings. The summed E-state index contributed by atoms with van der Waals surface area (Å²) < 4.78 is 2.19. The molecule has 4 aromatic rings. The zero-order valence-electron chi connectivity index (χ0n) is 15.8. The van der Waals surface area contributed by atoms with Crippen molar-refractivity contribution < 1.29 is 0 Å². The molecule has 2 heterocycles. The number of imidazole rings is 1. The van der Waals surface area contributed by atoms with Crippen molar-refractivity contribution in [1.29, 1.82) is 0 Å². The fourth-order valence-corrected chi connectivity index (χ4v) is 3.92. The Labute approximate surface area is 167 Å². The number of nitrogens with two attached hydrogens (primary N) is 1. The van der Waals surface area contributed by atoms with Gasteiger partial charge < -0.3 is 15.6 Å². The minimum Gasteiger partial charge on any atom is -0.368 e. The monoisotopic (exact) mass is 391 g/mol. The van der Waals surface area contributed by atoms with Gasteiger partial charge in [0.05, 0.1) is 16.8 Å². The molecule has 0 aliphatic heterocycles. The van der Waals surface area contributed by atoms with Gasteiger partial charge in [0.1, 0.15) is 5.82 Å². The first-order chi connectivity index (χ1) is 13.6. The Kier molecular flexibility index (Phi) is 5.12. The largest absolute Gasteiger partial charge is 0.368 e. The number of nitrogens with one attached hydrogen (secondary N) is 1. The third kappa shape index (κ3) is 3.77. The minimum absolute atomic E-state index is 0.200. The molecule has 2 aromatic carbocycles. The number of para-hydroxylation sites is 3. The molecule has 0 radical (unpaired) electrons. The number of rotatable bonds is 6. The Morgan fingerprint density at radius 1 is 1.00 bits per heavy atom. The van der Waals surface area contributed by atoms with Gasteiger partial charge in [0.25, 0.3) is 0 Å². The molecule has 0 saturated heterocycles. The number of hydrogen-bond donors (Lipinski definition) is 2. The van der Waals surface area contributed by atoms with E-state index in [-0.39, 0.29) is 5.95 Å². The van der Waals surface area contributed by atoms with Crippen LogP contribution in [0.2, 0.25) is 0 Å². The molecule has 0 unspecified atom stereocenters. The topological polar surface area (TPSA) is 94.5 Å². The molecule has 4 rings (SSSR count). The Morgan fingerprint density at radius 2 is 1.79 bits per heavy atom. The summed E-state index contributed by atoms with van der Waals surface area (Å²) in [5.41, 5.74) is 10.1. The maximum Gasteiger partial charge on any atom is 0.232 e. The molecule has 0 aliphatic rings. The van der Waals surface area contributed by atoms with Gasteiger partial charge in [-0.3, -0.25) is 0 Å². The van der Waals surface area contributed by atoms with Crippen LogP contribution in [0.3, 0.4) is 0 Å². The van der Waals surface area contributed by atoms with Crippen molar-refractivity contribution in [2.45, 2.75) is 31.3 Å². The number of nitrogens with zero attached hydrogens (tertiary/aromatic N) is 5. The smallest absolute Gasteiger partial charge is 0.232 e. The van der Waals surface area contributed by atoms with Crippen molar-refractivity contribution in [3.63, 3.8) is 0 Å². The van der Waals surface area contributed by atoms with Crippen LogP contribution in [-0.4, -0.2) is 24.5 Å². The van der Waals surface area contributed by atoms with E-state index in [0.29, 0.717) is 17.5 Å². The maximum atomic E-state index is 5.91. The highest BCUT2D eigenvalue weighted by molar-refractivity contribution is 7.98. The van der Waals surface area contributed by atoms with Crippen molar-refractivity contribution in [2.24, 2.45) is 0 Å². The molecule has 0 saturated carbocycles. The lowest BCUT2D eigenvalue weighted by Crippen LogP contribution is -2.07. The summed E-state index contributed by atoms with van der Waals surface area (Å²) in [5.74, 6) is 1.81. The van der Waals surface area contributed by atoms with Gasteiger partial charge in [-0.05, 0) is 37.6 Å². The van der Waals surface area contributed by atoms with Crippen LogP contribution in [0.1, 0.15) is 18.3 Å². The molecule has 0 amide bonds. The summed E-state index contributed by atoms with van der Waals surface area (Å²) in [7, 11) is 0. The third-order valence-electron chi connectivity index (χ3n) is 4.36. The SMILES string of the molecule is CCn1c(SCc2nc(N)nc(Nc3ccccc3C)n2)nc2ccccc21. The van der Waals surface area contributed by atoms with Gasteiger partial charge in [0.2, 0.25) is 11.9 Å². The Morgan fingerprint density at radius 3 is 2.61 bits per heavy atom. The second-order valence-corrected chi connectivity index (χ2v) is 7.23. The predicted octanol–water partition coefficient (Wildman–Crippen LogP) is 4.17. The lowest BCUT2D eigenvalue weighted by atomic mass is 10.2. The number of fused-ring (bicyclic) bond motifs is 1. The lowest BCUT2D eigenvalue weighted by Gasteiger charge is -2.09. The molecule has 2 aromatic heterocycles. The summed E-state index contributed by atoms with van der Waals surface area (Å²) in [5, 5.41) is 4.16. The molecule has 0 bridgehead atoms. The molecule has 8 heteroatoms. The standard InChI is InChI=1S/C20H21N7S/c1-3-27-16-11-7-6-10-15(16)23-20(27)28-12-17-24-18(21)26-19(25-17)22-14-9-5-4-8-13(14)2/h4-11H,3,12H2,1-2H3,(H3,21,22,24,25,26). The van der Waals surface area contributed by atoms with Crippen molar-refractivity contribution in [2.75, 3.05) is 11.1 Å². The zero-order chi connectivity index (χ0) is 19.5. The quantitative estimate of drug-likeness (QED) is 0.476. The van der Waals surface area contributed by atoms with Gasteiger partial charge in [-0.1, -0.05) is 42.1 Å². The third-order valence-corrected chi connectivity index (χ3v) is 5.33. The zero-order valence-corrected chi connectivity index (χ0v) is 16.6. The number of hydrogen-bond acceptors (Lipinski definition) is 7. The fourth-order valence-electron chi connectivity index (χ4n) is 2.99. The number of anilines is 3. The number of aromatic nitrogens is 5. The van der Waals surface area contributed by atoms with Crippen molar-refractivity contribution in [1.82, 2.24) is 24.5 Å². The molecule has 0 spiro atoms. The average molecular weight is 392 g/mol. The molecule has 0 aliphatic carbocycles. The van der Waals surface area contributed by atoms with Gasteiger partial charge >= 0.3 is 0 Å². The van der Waals surface area contributed by atoms with E-state index in [4.69, 9.17) is 10.7 Å². The first kappa shape index (κ1) is 18.2. The van der Waals surface area contributed by atoms with Crippen LogP contribution in [0.25, 0.3) is 11.0 Å². The summed E-state index contributed by atoms with van der Waals surface area (Å²) in [6.45, 7) is 4.99. The molecule has 142 valence electrons. The number of aryl methyl sites for hydroxylation is 2. The molecule has 7 nitrogen and oxygen atoms in total. The van der Waals surface area contributed by atoms with Crippen molar-refractivity contribution in [3.05, 3.63) is 59.9 Å². The second kappa shape index (κ2) is 7.85. The summed E-state index contributed by atoms with van der Waals surface area (Å²) in [6.07, 6.45) is 0. The average Bonchev–Trinajstić information content (AvgIpc) is 3.05. The van der Waals surface area contributed by atoms with E-state index >= 15 is 0 Å². The van der Waals surface area contributed by atoms with Crippen LogP contribution >= 0.6 is 11.8 Å². The van der Waals surface area contributed by atoms with Crippen molar-refractivity contribution >= 4 is 40.4 Å². The highest BCUT2D eigenvalue weighted by atomic mass is 32.2. The summed E-state index contributed by atoms with van der Waals surface area (Å²) >= 11 is 1.59. The van der Waals surface area contributed by atoms with Crippen LogP contribution in [0, 0.1) is 6.92 Å². The number of nitrogen functional groups attached to an aromatic ring is 1. The summed E-state index contributed by atoms with van der Waals surface area (Å²) in [4.78, 5) is 17.7. The van der Waals surface area contributed by atoms with E-state index in [2.05, 4.69) is 37.8 Å². The Balaban J connectivity index is 1.56. The highest BCUT2D eigenvalue weighted by Gasteiger charge is 2.12. The summed E-state index contributed by atoms with van der Waals surface area (Å²) in [6, 6.07) is 16.1. The van der Waals surface area contributed by atoms with Crippen LogP contribution in [0.5, 0.6) is 0 Å². The molecular formula is C20H21N7S. The number of benzene rings is 2. The highest BCUT2D eigenvalue weighted by Crippen LogP contribution is 2.26. The van der Waals surface area contributed by atoms with Gasteiger partial charge in [0.15, 0.2) is 5.16 Å². The first-order valence-electron chi connectivity index (χ1n) is 9.05. The second-order valence-electron chi connectivity index (χ2n) is 6.29. The van der Waals surface area contributed by atoms with Crippen molar-refractivity contribution in [3.8, 4) is 0 Å². The number of thioether (sulfide) groups is 1. The normalized spacial score (nSPS) is 11.1. The van der Waals surface area contributed by atoms with E-state index < -0.39 is 0 Å². The van der Waals surface area contributed by atoms with E-state index in [1.165, 1.54) is 0 Å². The maximum absolute atomic E-state index is 5.91. The van der Waals surface area contributed by atoms with Gasteiger partial charge in [-0.25, -0.2) is 4.98 Å². The molecule has 28 heavy (non-hydrogen) atoms. The van der Waals surface area contributed by atoms with Gasteiger partial charge in [0, 0.05) is 12.2 Å². The lowest BCUT2D eigenvalue weighted by molar-refractivity contribution is 0.702. The van der Waals surface area contributed by atoms with E-state index in [1.54, 1.807) is 11.8 Å². The van der Waals surface area contributed by atoms with Crippen LogP contribution in [-0.2, 0) is 12.3 Å². The van der Waals surface area contributed by atoms with E-state index in [1.807, 2.05) is 49.4 Å². The molecule has 3 N–H and O–H groups in total. The van der Waals surface area contributed by atoms with Gasteiger partial charge in [-0.15, -0.1) is 0 Å². The molecule has 0 atom stereocenters. The minimum atomic E-state index is 0.200. The van der Waals surface area contributed by atoms with Crippen LogP contribution in [0.15, 0.2) is 53.7 Å². The van der Waals surface area contributed by atoms with E-state index in [9.17, 15) is 0 Å².